The zero-order valence-corrected chi connectivity index (χ0v) is 30.3. The predicted octanol–water partition coefficient (Wildman–Crippen LogP) is 5.65. The summed E-state index contributed by atoms with van der Waals surface area (Å²) in [6, 6.07) is -9.75. The number of hydrogen-bond donors (Lipinski definition) is 6. The van der Waals surface area contributed by atoms with Crippen molar-refractivity contribution in [3.8, 4) is 0 Å². The van der Waals surface area contributed by atoms with Gasteiger partial charge in [0.1, 0.15) is 0 Å². The van der Waals surface area contributed by atoms with E-state index in [1.54, 1.807) is 0 Å². The van der Waals surface area contributed by atoms with Crippen molar-refractivity contribution >= 4 is 36.2 Å². The molecule has 0 aromatic heterocycles. The summed E-state index contributed by atoms with van der Waals surface area (Å²) in [5, 5.41) is 48.7. The van der Waals surface area contributed by atoms with Crippen LogP contribution >= 0.6 is 0 Å². The standard InChI is InChI=1S/6C4H5FO2.6Cu/c6*1-3(6)2-4(5)7;;;;;;/h6*2,6H,1H3;;;;;;/b6*3-2-;;;;;;. The molecule has 0 fully saturated rings. The second kappa shape index (κ2) is 54.4. The molecule has 0 bridgehead atoms. The first kappa shape index (κ1) is 80.6. The summed E-state index contributed by atoms with van der Waals surface area (Å²) in [4.78, 5) is 56.1. The van der Waals surface area contributed by atoms with E-state index in [1.807, 2.05) is 0 Å². The van der Waals surface area contributed by atoms with E-state index < -0.39 is 36.2 Å². The molecule has 0 amide bonds. The van der Waals surface area contributed by atoms with Crippen LogP contribution in [-0.2, 0) is 131 Å². The van der Waals surface area contributed by atoms with Gasteiger partial charge in [0.05, 0.1) is 71.0 Å². The van der Waals surface area contributed by atoms with Gasteiger partial charge in [-0.1, -0.05) is 0 Å². The molecular weight excluding hydrogens is 976 g/mol. The Kier molecular flexibility index (Phi) is 91.3. The average Bonchev–Trinajstić information content (AvgIpc) is 2.63. The fraction of sp³-hybridized carbons (Fsp3) is 0.250. The summed E-state index contributed by atoms with van der Waals surface area (Å²) >= 11 is 0. The minimum Gasteiger partial charge on any atom is -0.512 e. The Hall–Kier alpha value is -2.04. The summed E-state index contributed by atoms with van der Waals surface area (Å²) in [5.74, 6) is -1.87. The van der Waals surface area contributed by atoms with Gasteiger partial charge in [-0.05, 0) is 41.5 Å². The van der Waals surface area contributed by atoms with Crippen LogP contribution in [0.2, 0.25) is 0 Å². The van der Waals surface area contributed by atoms with Gasteiger partial charge in [0.25, 0.3) is 0 Å². The zero-order valence-electron chi connectivity index (χ0n) is 24.7. The Balaban J connectivity index is -0.0000000316. The fourth-order valence-electron chi connectivity index (χ4n) is 0.985. The van der Waals surface area contributed by atoms with Crippen LogP contribution in [0.1, 0.15) is 41.5 Å². The van der Waals surface area contributed by atoms with Crippen LogP contribution in [-0.4, -0.2) is 66.9 Å². The van der Waals surface area contributed by atoms with Gasteiger partial charge >= 0.3 is 36.2 Å². The van der Waals surface area contributed by atoms with Crippen molar-refractivity contribution in [2.45, 2.75) is 41.5 Å². The first-order chi connectivity index (χ1) is 18.8. The van der Waals surface area contributed by atoms with E-state index in [0.717, 1.165) is 0 Å². The number of rotatable bonds is 6. The fourth-order valence-corrected chi connectivity index (χ4v) is 0.985. The molecule has 48 heavy (non-hydrogen) atoms. The number of carbonyl (C=O) groups excluding carboxylic acids is 6. The van der Waals surface area contributed by atoms with Crippen LogP contribution < -0.4 is 0 Å². The van der Waals surface area contributed by atoms with Gasteiger partial charge in [0.15, 0.2) is 0 Å². The Morgan fingerprint density at radius 1 is 0.292 bits per heavy atom. The van der Waals surface area contributed by atoms with Gasteiger partial charge in [0, 0.05) is 102 Å². The topological polar surface area (TPSA) is 224 Å². The Bertz CT molecular complexity index is 857. The Morgan fingerprint density at radius 2 is 0.354 bits per heavy atom. The summed E-state index contributed by atoms with van der Waals surface area (Å²) in [7, 11) is 0. The van der Waals surface area contributed by atoms with Crippen LogP contribution in [0.15, 0.2) is 71.0 Å². The number of hydrogen-bond acceptors (Lipinski definition) is 12. The van der Waals surface area contributed by atoms with Crippen LogP contribution in [0.3, 0.4) is 0 Å². The Morgan fingerprint density at radius 3 is 0.354 bits per heavy atom. The number of carbonyl (C=O) groups is 6. The van der Waals surface area contributed by atoms with Gasteiger partial charge in [-0.25, -0.2) is 0 Å². The molecule has 0 heterocycles. The van der Waals surface area contributed by atoms with Gasteiger partial charge in [-0.15, -0.1) is 0 Å². The minimum absolute atomic E-state index is 0. The molecule has 0 unspecified atom stereocenters. The minimum atomic E-state index is -1.62. The molecule has 306 valence electrons. The number of allylic oxidation sites excluding steroid dienone is 12. The maximum atomic E-state index is 11.1. The quantitative estimate of drug-likeness (QED) is 0.0625. The molecule has 6 radical (unpaired) electrons. The number of halogens is 6. The molecule has 0 aliphatic heterocycles. The average molecular weight is 1010 g/mol. The Labute approximate surface area is 334 Å². The van der Waals surface area contributed by atoms with Crippen molar-refractivity contribution < 1.29 is 188 Å². The summed E-state index contributed by atoms with van der Waals surface area (Å²) < 4.78 is 66.5. The molecule has 0 aliphatic rings. The molecule has 12 nitrogen and oxygen atoms in total. The summed E-state index contributed by atoms with van der Waals surface area (Å²) in [6.45, 7) is 7.32. The molecular formula is C24H30Cu6F6O12. The van der Waals surface area contributed by atoms with E-state index in [0.29, 0.717) is 36.5 Å². The van der Waals surface area contributed by atoms with Crippen molar-refractivity contribution in [2.24, 2.45) is 0 Å². The molecule has 0 aromatic rings. The maximum absolute atomic E-state index is 11.1. The molecule has 0 aliphatic carbocycles. The van der Waals surface area contributed by atoms with Crippen LogP contribution in [0.5, 0.6) is 0 Å². The van der Waals surface area contributed by atoms with Crippen molar-refractivity contribution in [3.05, 3.63) is 71.0 Å². The van der Waals surface area contributed by atoms with E-state index >= 15 is 0 Å². The van der Waals surface area contributed by atoms with Gasteiger partial charge < -0.3 is 30.6 Å². The monoisotopic (exact) mass is 1000 g/mol. The zero-order chi connectivity index (χ0) is 35.2. The number of aliphatic hydroxyl groups excluding tert-OH is 6. The second-order valence-corrected chi connectivity index (χ2v) is 6.54. The summed E-state index contributed by atoms with van der Waals surface area (Å²) in [5.41, 5.74) is 0. The third-order valence-corrected chi connectivity index (χ3v) is 1.93. The van der Waals surface area contributed by atoms with E-state index in [4.69, 9.17) is 30.6 Å². The van der Waals surface area contributed by atoms with Crippen LogP contribution in [0.25, 0.3) is 0 Å². The van der Waals surface area contributed by atoms with Crippen molar-refractivity contribution in [1.29, 1.82) is 0 Å². The maximum Gasteiger partial charge on any atom is 0.328 e. The SMILES string of the molecule is C/C(O)=C/C(=O)F.C/C(O)=C/C(=O)F.C/C(O)=C/C(=O)F.C/C(O)=C/C(=O)F.C/C(O)=C/C(=O)F.C/C(O)=C/C(=O)F.[Cu].[Cu].[Cu].[Cu].[Cu].[Cu]. The van der Waals surface area contributed by atoms with E-state index in [-0.39, 0.29) is 137 Å². The third-order valence-electron chi connectivity index (χ3n) is 1.93. The first-order valence-corrected chi connectivity index (χ1v) is 10.2. The molecule has 0 saturated carbocycles. The molecule has 0 spiro atoms. The molecule has 24 heteroatoms. The summed E-state index contributed by atoms with van der Waals surface area (Å²) in [6.07, 6.45) is 3.00. The smallest absolute Gasteiger partial charge is 0.328 e. The van der Waals surface area contributed by atoms with Crippen molar-refractivity contribution in [3.63, 3.8) is 0 Å². The second-order valence-electron chi connectivity index (χ2n) is 6.54. The first-order valence-electron chi connectivity index (χ1n) is 10.2. The van der Waals surface area contributed by atoms with Gasteiger partial charge in [0.2, 0.25) is 0 Å². The molecule has 0 rings (SSSR count). The van der Waals surface area contributed by atoms with Crippen LogP contribution in [0.4, 0.5) is 26.3 Å². The molecule has 0 aromatic carbocycles. The van der Waals surface area contributed by atoms with Gasteiger partial charge in [-0.2, -0.15) is 26.3 Å². The van der Waals surface area contributed by atoms with E-state index in [2.05, 4.69) is 0 Å². The number of aliphatic hydroxyl groups is 6. The van der Waals surface area contributed by atoms with Crippen molar-refractivity contribution in [1.82, 2.24) is 0 Å². The third kappa shape index (κ3) is 168. The predicted molar refractivity (Wildman–Crippen MR) is 135 cm³/mol. The molecule has 0 atom stereocenters. The van der Waals surface area contributed by atoms with Gasteiger partial charge in [-0.3, -0.25) is 28.8 Å². The van der Waals surface area contributed by atoms with E-state index in [1.165, 1.54) is 41.5 Å². The van der Waals surface area contributed by atoms with Crippen molar-refractivity contribution in [2.75, 3.05) is 0 Å². The van der Waals surface area contributed by atoms with Crippen LogP contribution in [0, 0.1) is 0 Å². The molecule has 0 saturated heterocycles. The normalized spacial score (nSPS) is 10.0. The van der Waals surface area contributed by atoms with E-state index in [9.17, 15) is 55.1 Å². The molecule has 6 N–H and O–H groups in total. The largest absolute Gasteiger partial charge is 0.512 e.